The summed E-state index contributed by atoms with van der Waals surface area (Å²) in [5.41, 5.74) is -0.677. The Hall–Kier alpha value is -2.25. The fourth-order valence-corrected chi connectivity index (χ4v) is 2.04. The summed E-state index contributed by atoms with van der Waals surface area (Å²) >= 11 is 5.58. The van der Waals surface area contributed by atoms with Gasteiger partial charge in [-0.05, 0) is 30.3 Å². The number of hydrogen-bond donors (Lipinski definition) is 3. The Balaban J connectivity index is 1.96. The van der Waals surface area contributed by atoms with E-state index >= 15 is 0 Å². The molecular formula is C15H12ClF3N2O2. The third-order valence-electron chi connectivity index (χ3n) is 2.97. The van der Waals surface area contributed by atoms with Crippen LogP contribution >= 0.6 is 11.6 Å². The quantitative estimate of drug-likeness (QED) is 0.793. The van der Waals surface area contributed by atoms with Crippen LogP contribution in [0.25, 0.3) is 0 Å². The van der Waals surface area contributed by atoms with Gasteiger partial charge in [-0.3, -0.25) is 0 Å². The lowest BCUT2D eigenvalue weighted by atomic mass is 10.1. The fourth-order valence-electron chi connectivity index (χ4n) is 1.88. The molecule has 23 heavy (non-hydrogen) atoms. The maximum absolute atomic E-state index is 13.5. The Labute approximate surface area is 134 Å². The molecule has 0 fully saturated rings. The van der Waals surface area contributed by atoms with Crippen molar-refractivity contribution in [3.8, 4) is 0 Å². The first-order valence-electron chi connectivity index (χ1n) is 6.50. The number of anilines is 1. The van der Waals surface area contributed by atoms with E-state index in [9.17, 15) is 23.1 Å². The lowest BCUT2D eigenvalue weighted by Gasteiger charge is -2.14. The van der Waals surface area contributed by atoms with Crippen molar-refractivity contribution in [3.05, 3.63) is 64.4 Å². The highest BCUT2D eigenvalue weighted by Gasteiger charge is 2.18. The van der Waals surface area contributed by atoms with Crippen molar-refractivity contribution in [1.29, 1.82) is 0 Å². The zero-order chi connectivity index (χ0) is 17.0. The standard InChI is InChI=1S/C15H12ClF3N2O2/c16-8-4-5-12(11(19)6-8)21-15(23)20-7-13(22)14-9(17)2-1-3-10(14)18/h1-6,13,22H,7H2,(H2,20,21,23). The lowest BCUT2D eigenvalue weighted by Crippen LogP contribution is -2.33. The number of aliphatic hydroxyl groups is 1. The Morgan fingerprint density at radius 1 is 1.13 bits per heavy atom. The van der Waals surface area contributed by atoms with E-state index in [0.717, 1.165) is 24.3 Å². The van der Waals surface area contributed by atoms with E-state index in [0.29, 0.717) is 0 Å². The van der Waals surface area contributed by atoms with Gasteiger partial charge in [-0.1, -0.05) is 17.7 Å². The zero-order valence-electron chi connectivity index (χ0n) is 11.6. The number of urea groups is 1. The molecule has 8 heteroatoms. The molecular weight excluding hydrogens is 333 g/mol. The van der Waals surface area contributed by atoms with Crippen molar-refractivity contribution in [2.45, 2.75) is 6.10 Å². The van der Waals surface area contributed by atoms with Crippen molar-refractivity contribution in [3.63, 3.8) is 0 Å². The van der Waals surface area contributed by atoms with Crippen LogP contribution in [0.1, 0.15) is 11.7 Å². The Morgan fingerprint density at radius 3 is 2.39 bits per heavy atom. The van der Waals surface area contributed by atoms with Crippen LogP contribution in [0, 0.1) is 17.5 Å². The van der Waals surface area contributed by atoms with Crippen molar-refractivity contribution in [2.75, 3.05) is 11.9 Å². The molecule has 0 aliphatic heterocycles. The zero-order valence-corrected chi connectivity index (χ0v) is 12.4. The number of halogens is 4. The van der Waals surface area contributed by atoms with Gasteiger partial charge in [0.1, 0.15) is 23.6 Å². The van der Waals surface area contributed by atoms with Gasteiger partial charge in [0.2, 0.25) is 0 Å². The van der Waals surface area contributed by atoms with Crippen LogP contribution < -0.4 is 10.6 Å². The van der Waals surface area contributed by atoms with E-state index in [1.807, 2.05) is 0 Å². The smallest absolute Gasteiger partial charge is 0.319 e. The van der Waals surface area contributed by atoms with E-state index in [2.05, 4.69) is 10.6 Å². The maximum atomic E-state index is 13.5. The predicted molar refractivity (Wildman–Crippen MR) is 79.7 cm³/mol. The SMILES string of the molecule is O=C(NCC(O)c1c(F)cccc1F)Nc1ccc(Cl)cc1F. The Morgan fingerprint density at radius 2 is 1.78 bits per heavy atom. The number of amides is 2. The fraction of sp³-hybridized carbons (Fsp3) is 0.133. The summed E-state index contributed by atoms with van der Waals surface area (Å²) in [6.07, 6.45) is -1.59. The molecule has 0 radical (unpaired) electrons. The van der Waals surface area contributed by atoms with Gasteiger partial charge in [0.15, 0.2) is 0 Å². The lowest BCUT2D eigenvalue weighted by molar-refractivity contribution is 0.166. The molecule has 3 N–H and O–H groups in total. The summed E-state index contributed by atoms with van der Waals surface area (Å²) < 4.78 is 40.4. The van der Waals surface area contributed by atoms with E-state index in [-0.39, 0.29) is 10.7 Å². The van der Waals surface area contributed by atoms with Gasteiger partial charge in [0, 0.05) is 11.6 Å². The third-order valence-corrected chi connectivity index (χ3v) is 3.20. The molecule has 0 heterocycles. The van der Waals surface area contributed by atoms with Crippen LogP contribution in [0.3, 0.4) is 0 Å². The van der Waals surface area contributed by atoms with Gasteiger partial charge >= 0.3 is 6.03 Å². The molecule has 0 aliphatic rings. The number of carbonyl (C=O) groups is 1. The van der Waals surface area contributed by atoms with Gasteiger partial charge in [-0.15, -0.1) is 0 Å². The Bertz CT molecular complexity index is 708. The number of nitrogens with one attached hydrogen (secondary N) is 2. The third kappa shape index (κ3) is 4.37. The second-order valence-corrected chi connectivity index (χ2v) is 5.05. The van der Waals surface area contributed by atoms with Crippen LogP contribution in [0.2, 0.25) is 5.02 Å². The highest BCUT2D eigenvalue weighted by atomic mass is 35.5. The Kier molecular flexibility index (Phi) is 5.46. The molecule has 0 aromatic heterocycles. The minimum atomic E-state index is -1.59. The molecule has 2 aromatic rings. The molecule has 2 rings (SSSR count). The average molecular weight is 345 g/mol. The van der Waals surface area contributed by atoms with Gasteiger partial charge in [-0.2, -0.15) is 0 Å². The first-order chi connectivity index (χ1) is 10.9. The highest BCUT2D eigenvalue weighted by Crippen LogP contribution is 2.21. The van der Waals surface area contributed by atoms with Gasteiger partial charge < -0.3 is 15.7 Å². The number of rotatable bonds is 4. The predicted octanol–water partition coefficient (Wildman–Crippen LogP) is 3.61. The highest BCUT2D eigenvalue weighted by molar-refractivity contribution is 6.30. The molecule has 0 aliphatic carbocycles. The van der Waals surface area contributed by atoms with Crippen molar-refractivity contribution >= 4 is 23.3 Å². The van der Waals surface area contributed by atoms with Crippen LogP contribution in [0.5, 0.6) is 0 Å². The van der Waals surface area contributed by atoms with Crippen LogP contribution in [0.4, 0.5) is 23.7 Å². The molecule has 122 valence electrons. The van der Waals surface area contributed by atoms with Gasteiger partial charge in [0.05, 0.1) is 11.3 Å². The molecule has 2 amide bonds. The second-order valence-electron chi connectivity index (χ2n) is 4.61. The monoisotopic (exact) mass is 344 g/mol. The van der Waals surface area contributed by atoms with Crippen LogP contribution in [-0.4, -0.2) is 17.7 Å². The summed E-state index contributed by atoms with van der Waals surface area (Å²) in [5, 5.41) is 14.3. The number of benzene rings is 2. The van der Waals surface area contributed by atoms with Crippen molar-refractivity contribution < 1.29 is 23.1 Å². The van der Waals surface area contributed by atoms with Crippen LogP contribution in [-0.2, 0) is 0 Å². The minimum absolute atomic E-state index is 0.126. The number of carbonyl (C=O) groups excluding carboxylic acids is 1. The number of hydrogen-bond acceptors (Lipinski definition) is 2. The summed E-state index contributed by atoms with van der Waals surface area (Å²) in [7, 11) is 0. The van der Waals surface area contributed by atoms with Crippen molar-refractivity contribution in [2.24, 2.45) is 0 Å². The summed E-state index contributed by atoms with van der Waals surface area (Å²) in [6, 6.07) is 5.94. The first kappa shape index (κ1) is 17.1. The summed E-state index contributed by atoms with van der Waals surface area (Å²) in [6.45, 7) is -0.459. The molecule has 1 atom stereocenters. The normalized spacial score (nSPS) is 11.9. The second kappa shape index (κ2) is 7.34. The molecule has 1 unspecified atom stereocenters. The van der Waals surface area contributed by atoms with Gasteiger partial charge in [-0.25, -0.2) is 18.0 Å². The first-order valence-corrected chi connectivity index (χ1v) is 6.88. The average Bonchev–Trinajstić information content (AvgIpc) is 2.48. The van der Waals surface area contributed by atoms with E-state index in [1.165, 1.54) is 12.1 Å². The summed E-state index contributed by atoms with van der Waals surface area (Å²) in [4.78, 5) is 11.6. The van der Waals surface area contributed by atoms with Crippen molar-refractivity contribution in [1.82, 2.24) is 5.32 Å². The molecule has 0 saturated heterocycles. The van der Waals surface area contributed by atoms with Gasteiger partial charge in [0.25, 0.3) is 0 Å². The molecule has 0 saturated carbocycles. The molecule has 4 nitrogen and oxygen atoms in total. The van der Waals surface area contributed by atoms with Crippen LogP contribution in [0.15, 0.2) is 36.4 Å². The minimum Gasteiger partial charge on any atom is -0.386 e. The van der Waals surface area contributed by atoms with E-state index in [1.54, 1.807) is 0 Å². The maximum Gasteiger partial charge on any atom is 0.319 e. The largest absolute Gasteiger partial charge is 0.386 e. The summed E-state index contributed by atoms with van der Waals surface area (Å²) in [5.74, 6) is -2.60. The molecule has 2 aromatic carbocycles. The molecule has 0 spiro atoms. The number of aliphatic hydroxyl groups excluding tert-OH is 1. The van der Waals surface area contributed by atoms with E-state index < -0.39 is 41.7 Å². The topological polar surface area (TPSA) is 61.4 Å². The van der Waals surface area contributed by atoms with E-state index in [4.69, 9.17) is 11.6 Å². The molecule has 0 bridgehead atoms.